The molecule has 0 fully saturated rings. The molecule has 1 rings (SSSR count). The Morgan fingerprint density at radius 1 is 1.29 bits per heavy atom. The molecule has 2 unspecified atom stereocenters. The van der Waals surface area contributed by atoms with Gasteiger partial charge in [-0.1, -0.05) is 25.1 Å². The number of methoxy groups -OCH3 is 1. The number of halogens is 1. The first-order valence-electron chi connectivity index (χ1n) is 6.09. The van der Waals surface area contributed by atoms with E-state index in [1.54, 1.807) is 13.2 Å². The lowest BCUT2D eigenvalue weighted by Gasteiger charge is -2.17. The maximum absolute atomic E-state index is 13.4. The van der Waals surface area contributed by atoms with Gasteiger partial charge in [-0.15, -0.1) is 0 Å². The molecule has 0 amide bonds. The van der Waals surface area contributed by atoms with Gasteiger partial charge in [0.15, 0.2) is 0 Å². The first-order valence-corrected chi connectivity index (χ1v) is 6.09. The molecular formula is C14H22FNO. The summed E-state index contributed by atoms with van der Waals surface area (Å²) in [4.78, 5) is 0. The van der Waals surface area contributed by atoms with E-state index in [0.717, 1.165) is 18.7 Å². The lowest BCUT2D eigenvalue weighted by atomic mass is 10.1. The van der Waals surface area contributed by atoms with Crippen LogP contribution in [0.5, 0.6) is 0 Å². The minimum atomic E-state index is -0.119. The Kier molecular flexibility index (Phi) is 6.16. The van der Waals surface area contributed by atoms with E-state index < -0.39 is 0 Å². The fourth-order valence-electron chi connectivity index (χ4n) is 1.81. The topological polar surface area (TPSA) is 21.3 Å². The standard InChI is InChI=1S/C14H22FNO/c1-11(10-17-3)9-16-12(2)8-13-6-4-5-7-14(13)15/h4-7,11-12,16H,8-10H2,1-3H3. The lowest BCUT2D eigenvalue weighted by molar-refractivity contribution is 0.157. The third kappa shape index (κ3) is 5.29. The number of nitrogens with one attached hydrogen (secondary N) is 1. The largest absolute Gasteiger partial charge is 0.384 e. The molecule has 0 aliphatic heterocycles. The molecule has 2 nitrogen and oxygen atoms in total. The molecule has 0 aromatic heterocycles. The van der Waals surface area contributed by atoms with Crippen molar-refractivity contribution in [3.63, 3.8) is 0 Å². The van der Waals surface area contributed by atoms with Crippen LogP contribution in [0.3, 0.4) is 0 Å². The Labute approximate surface area is 103 Å². The van der Waals surface area contributed by atoms with Crippen molar-refractivity contribution in [3.05, 3.63) is 35.6 Å². The highest BCUT2D eigenvalue weighted by Crippen LogP contribution is 2.09. The highest BCUT2D eigenvalue weighted by molar-refractivity contribution is 5.18. The molecule has 0 saturated heterocycles. The Hall–Kier alpha value is -0.930. The van der Waals surface area contributed by atoms with Crippen LogP contribution in [-0.4, -0.2) is 26.3 Å². The fourth-order valence-corrected chi connectivity index (χ4v) is 1.81. The maximum atomic E-state index is 13.4. The zero-order valence-corrected chi connectivity index (χ0v) is 10.9. The lowest BCUT2D eigenvalue weighted by Crippen LogP contribution is -2.33. The van der Waals surface area contributed by atoms with Crippen LogP contribution in [0.2, 0.25) is 0 Å². The summed E-state index contributed by atoms with van der Waals surface area (Å²) >= 11 is 0. The molecule has 0 aliphatic rings. The highest BCUT2D eigenvalue weighted by atomic mass is 19.1. The van der Waals surface area contributed by atoms with Gasteiger partial charge in [-0.25, -0.2) is 4.39 Å². The van der Waals surface area contributed by atoms with Crippen LogP contribution in [0.4, 0.5) is 4.39 Å². The van der Waals surface area contributed by atoms with E-state index >= 15 is 0 Å². The predicted molar refractivity (Wildman–Crippen MR) is 68.6 cm³/mol. The van der Waals surface area contributed by atoms with Crippen molar-refractivity contribution in [1.82, 2.24) is 5.32 Å². The van der Waals surface area contributed by atoms with Crippen molar-refractivity contribution >= 4 is 0 Å². The molecule has 0 radical (unpaired) electrons. The molecule has 1 aromatic rings. The monoisotopic (exact) mass is 239 g/mol. The summed E-state index contributed by atoms with van der Waals surface area (Å²) in [7, 11) is 1.71. The zero-order chi connectivity index (χ0) is 12.7. The summed E-state index contributed by atoms with van der Waals surface area (Å²) in [5.74, 6) is 0.356. The van der Waals surface area contributed by atoms with Crippen LogP contribution in [0.25, 0.3) is 0 Å². The maximum Gasteiger partial charge on any atom is 0.126 e. The quantitative estimate of drug-likeness (QED) is 0.789. The molecule has 0 bridgehead atoms. The zero-order valence-electron chi connectivity index (χ0n) is 10.9. The normalized spacial score (nSPS) is 14.6. The molecule has 2 atom stereocenters. The summed E-state index contributed by atoms with van der Waals surface area (Å²) in [5, 5.41) is 3.40. The van der Waals surface area contributed by atoms with Crippen LogP contribution in [0, 0.1) is 11.7 Å². The van der Waals surface area contributed by atoms with Crippen molar-refractivity contribution in [1.29, 1.82) is 0 Å². The minimum absolute atomic E-state index is 0.119. The summed E-state index contributed by atoms with van der Waals surface area (Å²) in [6.07, 6.45) is 0.715. The van der Waals surface area contributed by atoms with Crippen LogP contribution >= 0.6 is 0 Å². The van der Waals surface area contributed by atoms with Crippen molar-refractivity contribution in [2.75, 3.05) is 20.3 Å². The van der Waals surface area contributed by atoms with Crippen LogP contribution in [0.1, 0.15) is 19.4 Å². The van der Waals surface area contributed by atoms with Crippen molar-refractivity contribution in [2.24, 2.45) is 5.92 Å². The van der Waals surface area contributed by atoms with E-state index in [9.17, 15) is 4.39 Å². The Morgan fingerprint density at radius 3 is 2.65 bits per heavy atom. The second kappa shape index (κ2) is 7.41. The van der Waals surface area contributed by atoms with Gasteiger partial charge in [0.05, 0.1) is 0 Å². The van der Waals surface area contributed by atoms with E-state index in [-0.39, 0.29) is 11.9 Å². The molecule has 17 heavy (non-hydrogen) atoms. The van der Waals surface area contributed by atoms with Gasteiger partial charge in [-0.05, 0) is 30.9 Å². The first kappa shape index (κ1) is 14.1. The highest BCUT2D eigenvalue weighted by Gasteiger charge is 2.08. The fraction of sp³-hybridized carbons (Fsp3) is 0.571. The minimum Gasteiger partial charge on any atom is -0.384 e. The summed E-state index contributed by atoms with van der Waals surface area (Å²) < 4.78 is 18.5. The van der Waals surface area contributed by atoms with Gasteiger partial charge in [-0.2, -0.15) is 0 Å². The molecule has 1 N–H and O–H groups in total. The molecule has 3 heteroatoms. The van der Waals surface area contributed by atoms with Crippen molar-refractivity contribution in [3.8, 4) is 0 Å². The van der Waals surface area contributed by atoms with E-state index in [1.165, 1.54) is 6.07 Å². The molecule has 0 heterocycles. The third-order valence-electron chi connectivity index (χ3n) is 2.75. The van der Waals surface area contributed by atoms with Crippen LogP contribution in [-0.2, 0) is 11.2 Å². The summed E-state index contributed by atoms with van der Waals surface area (Å²) in [5.41, 5.74) is 0.770. The van der Waals surface area contributed by atoms with Crippen LogP contribution in [0.15, 0.2) is 24.3 Å². The number of hydrogen-bond acceptors (Lipinski definition) is 2. The molecule has 0 spiro atoms. The second-order valence-corrected chi connectivity index (χ2v) is 4.67. The van der Waals surface area contributed by atoms with Crippen molar-refractivity contribution in [2.45, 2.75) is 26.3 Å². The van der Waals surface area contributed by atoms with Crippen molar-refractivity contribution < 1.29 is 9.13 Å². The van der Waals surface area contributed by atoms with Gasteiger partial charge in [0.2, 0.25) is 0 Å². The number of hydrogen-bond donors (Lipinski definition) is 1. The summed E-state index contributed by atoms with van der Waals surface area (Å²) in [6, 6.07) is 7.21. The second-order valence-electron chi connectivity index (χ2n) is 4.67. The molecular weight excluding hydrogens is 217 g/mol. The smallest absolute Gasteiger partial charge is 0.126 e. The van der Waals surface area contributed by atoms with E-state index in [4.69, 9.17) is 4.74 Å². The number of ether oxygens (including phenoxy) is 1. The average molecular weight is 239 g/mol. The average Bonchev–Trinajstić information content (AvgIpc) is 2.30. The van der Waals surface area contributed by atoms with Gasteiger partial charge >= 0.3 is 0 Å². The predicted octanol–water partition coefficient (Wildman–Crippen LogP) is 2.63. The first-order chi connectivity index (χ1) is 8.13. The van der Waals surface area contributed by atoms with Gasteiger partial charge < -0.3 is 10.1 Å². The van der Waals surface area contributed by atoms with Gasteiger partial charge in [0.25, 0.3) is 0 Å². The Bertz CT molecular complexity index is 330. The molecule has 1 aromatic carbocycles. The van der Waals surface area contributed by atoms with Gasteiger partial charge in [-0.3, -0.25) is 0 Å². The van der Waals surface area contributed by atoms with E-state index in [1.807, 2.05) is 12.1 Å². The van der Waals surface area contributed by atoms with E-state index in [2.05, 4.69) is 19.2 Å². The molecule has 0 aliphatic carbocycles. The molecule has 96 valence electrons. The SMILES string of the molecule is COCC(C)CNC(C)Cc1ccccc1F. The third-order valence-corrected chi connectivity index (χ3v) is 2.75. The number of rotatable bonds is 7. The van der Waals surface area contributed by atoms with Gasteiger partial charge in [0, 0.05) is 26.3 Å². The van der Waals surface area contributed by atoms with E-state index in [0.29, 0.717) is 12.3 Å². The Balaban J connectivity index is 2.34. The molecule has 0 saturated carbocycles. The summed E-state index contributed by atoms with van der Waals surface area (Å²) in [6.45, 7) is 5.85. The number of benzene rings is 1. The van der Waals surface area contributed by atoms with Gasteiger partial charge in [0.1, 0.15) is 5.82 Å². The van der Waals surface area contributed by atoms with Crippen LogP contribution < -0.4 is 5.32 Å². The Morgan fingerprint density at radius 2 is 2.00 bits per heavy atom.